The summed E-state index contributed by atoms with van der Waals surface area (Å²) >= 11 is 0. The number of amides is 1. The molecule has 2 aromatic rings. The zero-order valence-corrected chi connectivity index (χ0v) is 20.1. The Balaban J connectivity index is 1.50. The fourth-order valence-corrected chi connectivity index (χ4v) is 4.09. The van der Waals surface area contributed by atoms with Gasteiger partial charge in [0.05, 0.1) is 43.3 Å². The Morgan fingerprint density at radius 1 is 1.11 bits per heavy atom. The maximum Gasteiger partial charge on any atom is 0.421 e. The summed E-state index contributed by atoms with van der Waals surface area (Å²) in [5, 5.41) is 0. The van der Waals surface area contributed by atoms with E-state index >= 15 is 0 Å². The molecule has 1 amide bonds. The molecule has 0 radical (unpaired) electrons. The minimum atomic E-state index is -4.60. The second-order valence-corrected chi connectivity index (χ2v) is 9.48. The van der Waals surface area contributed by atoms with Crippen molar-refractivity contribution in [3.63, 3.8) is 0 Å². The number of pyridine rings is 1. The molecule has 0 spiro atoms. The Kier molecular flexibility index (Phi) is 6.65. The van der Waals surface area contributed by atoms with Crippen molar-refractivity contribution in [2.45, 2.75) is 58.0 Å². The molecule has 1 fully saturated rings. The van der Waals surface area contributed by atoms with Crippen LogP contribution in [0.5, 0.6) is 11.8 Å². The number of methoxy groups -OCH3 is 1. The number of hydrogen-bond acceptors (Lipinski definition) is 8. The molecule has 35 heavy (non-hydrogen) atoms. The predicted molar refractivity (Wildman–Crippen MR) is 119 cm³/mol. The van der Waals surface area contributed by atoms with Crippen molar-refractivity contribution >= 4 is 11.8 Å². The maximum atomic E-state index is 13.5. The van der Waals surface area contributed by atoms with Gasteiger partial charge in [0.25, 0.3) is 0 Å². The number of aromatic nitrogens is 3. The first-order valence-electron chi connectivity index (χ1n) is 11.3. The van der Waals surface area contributed by atoms with Crippen LogP contribution in [0.25, 0.3) is 0 Å². The summed E-state index contributed by atoms with van der Waals surface area (Å²) in [6, 6.07) is 1.04. The van der Waals surface area contributed by atoms with Crippen LogP contribution in [0, 0.1) is 0 Å². The van der Waals surface area contributed by atoms with Crippen molar-refractivity contribution in [1.82, 2.24) is 19.9 Å². The average molecular weight is 496 g/mol. The van der Waals surface area contributed by atoms with E-state index in [1.165, 1.54) is 12.5 Å². The molecule has 0 aliphatic carbocycles. The van der Waals surface area contributed by atoms with Crippen LogP contribution in [-0.2, 0) is 23.9 Å². The molecule has 4 heterocycles. The lowest BCUT2D eigenvalue weighted by Gasteiger charge is -2.31. The molecule has 4 rings (SSSR count). The summed E-state index contributed by atoms with van der Waals surface area (Å²) in [5.41, 5.74) is 0.283. The van der Waals surface area contributed by atoms with Crippen LogP contribution >= 0.6 is 0 Å². The number of likely N-dealkylation sites (tertiary alicyclic amines) is 1. The van der Waals surface area contributed by atoms with E-state index in [4.69, 9.17) is 14.2 Å². The first-order valence-corrected chi connectivity index (χ1v) is 11.3. The molecular weight excluding hydrogens is 467 g/mol. The van der Waals surface area contributed by atoms with Gasteiger partial charge in [-0.15, -0.1) is 0 Å². The van der Waals surface area contributed by atoms with E-state index in [2.05, 4.69) is 15.0 Å². The van der Waals surface area contributed by atoms with Gasteiger partial charge in [-0.05, 0) is 26.8 Å². The van der Waals surface area contributed by atoms with Crippen molar-refractivity contribution in [2.24, 2.45) is 0 Å². The van der Waals surface area contributed by atoms with Crippen LogP contribution in [0.3, 0.4) is 0 Å². The van der Waals surface area contributed by atoms with Crippen LogP contribution in [0.4, 0.5) is 23.7 Å². The summed E-state index contributed by atoms with van der Waals surface area (Å²) in [5.74, 6) is -0.102. The van der Waals surface area contributed by atoms with Gasteiger partial charge in [0.15, 0.2) is 0 Å². The maximum absolute atomic E-state index is 13.5. The minimum absolute atomic E-state index is 0.263. The third-order valence-corrected chi connectivity index (χ3v) is 5.74. The van der Waals surface area contributed by atoms with Gasteiger partial charge in [-0.25, -0.2) is 19.7 Å². The molecule has 12 heteroatoms. The van der Waals surface area contributed by atoms with Crippen LogP contribution in [0.1, 0.15) is 44.0 Å². The number of alkyl halides is 3. The molecule has 2 aliphatic rings. The van der Waals surface area contributed by atoms with E-state index in [9.17, 15) is 18.0 Å². The minimum Gasteiger partial charge on any atom is -0.481 e. The second kappa shape index (κ2) is 9.38. The number of anilines is 1. The fourth-order valence-electron chi connectivity index (χ4n) is 4.09. The smallest absolute Gasteiger partial charge is 0.421 e. The van der Waals surface area contributed by atoms with Gasteiger partial charge in [0.2, 0.25) is 11.8 Å². The highest BCUT2D eigenvalue weighted by atomic mass is 19.4. The average Bonchev–Trinajstić information content (AvgIpc) is 3.26. The van der Waals surface area contributed by atoms with Crippen LogP contribution in [0.2, 0.25) is 0 Å². The highest BCUT2D eigenvalue weighted by Gasteiger charge is 2.37. The van der Waals surface area contributed by atoms with Gasteiger partial charge >= 0.3 is 12.3 Å². The van der Waals surface area contributed by atoms with Gasteiger partial charge in [-0.3, -0.25) is 0 Å². The Morgan fingerprint density at radius 2 is 1.89 bits per heavy atom. The molecule has 1 saturated heterocycles. The Hall–Kier alpha value is -3.31. The van der Waals surface area contributed by atoms with Gasteiger partial charge < -0.3 is 24.0 Å². The fraction of sp³-hybridized carbons (Fsp3) is 0.565. The third-order valence-electron chi connectivity index (χ3n) is 5.74. The molecule has 0 saturated carbocycles. The number of carbonyl (C=O) groups excluding carboxylic acids is 1. The molecular formula is C23H28F3N5O4. The van der Waals surface area contributed by atoms with Crippen LogP contribution in [0.15, 0.2) is 18.6 Å². The molecule has 0 bridgehead atoms. The monoisotopic (exact) mass is 495 g/mol. The SMILES string of the molecule is COc1ncc(N2CCc3ncnc(OC4CCN(C(=O)OC(C)(C)C)C4)c3C2)cc1C(F)(F)F. The lowest BCUT2D eigenvalue weighted by Crippen LogP contribution is -2.36. The van der Waals surface area contributed by atoms with Crippen molar-refractivity contribution in [3.8, 4) is 11.8 Å². The summed E-state index contributed by atoms with van der Waals surface area (Å²) in [6.45, 7) is 7.01. The van der Waals surface area contributed by atoms with Gasteiger partial charge in [0.1, 0.15) is 23.6 Å². The Bertz CT molecular complexity index is 1090. The number of ether oxygens (including phenoxy) is 3. The van der Waals surface area contributed by atoms with Gasteiger partial charge in [-0.2, -0.15) is 13.2 Å². The molecule has 1 unspecified atom stereocenters. The van der Waals surface area contributed by atoms with E-state index in [0.717, 1.165) is 18.9 Å². The number of rotatable bonds is 4. The van der Waals surface area contributed by atoms with Gasteiger partial charge in [0, 0.05) is 25.9 Å². The van der Waals surface area contributed by atoms with Crippen molar-refractivity contribution < 1.29 is 32.2 Å². The Labute approximate surface area is 201 Å². The van der Waals surface area contributed by atoms with E-state index < -0.39 is 29.3 Å². The predicted octanol–water partition coefficient (Wildman–Crippen LogP) is 3.85. The van der Waals surface area contributed by atoms with Gasteiger partial charge in [-0.1, -0.05) is 0 Å². The second-order valence-electron chi connectivity index (χ2n) is 9.48. The lowest BCUT2D eigenvalue weighted by molar-refractivity contribution is -0.139. The molecule has 0 N–H and O–H groups in total. The molecule has 2 aliphatic heterocycles. The Morgan fingerprint density at radius 3 is 2.57 bits per heavy atom. The molecule has 9 nitrogen and oxygen atoms in total. The molecule has 190 valence electrons. The van der Waals surface area contributed by atoms with E-state index in [-0.39, 0.29) is 12.6 Å². The quantitative estimate of drug-likeness (QED) is 0.632. The normalized spacial score (nSPS) is 18.3. The number of nitrogens with zero attached hydrogens (tertiary/aromatic N) is 5. The molecule has 1 atom stereocenters. The van der Waals surface area contributed by atoms with E-state index in [1.807, 2.05) is 20.8 Å². The largest absolute Gasteiger partial charge is 0.481 e. The van der Waals surface area contributed by atoms with Crippen molar-refractivity contribution in [1.29, 1.82) is 0 Å². The first-order chi connectivity index (χ1) is 16.4. The third kappa shape index (κ3) is 5.68. The summed E-state index contributed by atoms with van der Waals surface area (Å²) < 4.78 is 56.8. The van der Waals surface area contributed by atoms with E-state index in [1.54, 1.807) is 9.80 Å². The zero-order valence-electron chi connectivity index (χ0n) is 20.1. The summed E-state index contributed by atoms with van der Waals surface area (Å²) in [7, 11) is 1.16. The zero-order chi connectivity index (χ0) is 25.4. The number of carbonyl (C=O) groups is 1. The van der Waals surface area contributed by atoms with Crippen molar-refractivity contribution in [2.75, 3.05) is 31.6 Å². The first kappa shape index (κ1) is 24.8. The van der Waals surface area contributed by atoms with Crippen LogP contribution in [-0.4, -0.2) is 64.4 Å². The standard InChI is InChI=1S/C23H28F3N5O4/c1-22(2,3)35-21(32)31-7-5-15(11-31)34-19-16-12-30(8-6-18(16)28-13-29-19)14-9-17(23(24,25)26)20(33-4)27-10-14/h9-10,13,15H,5-8,11-12H2,1-4H3. The number of fused-ring (bicyclic) bond motifs is 1. The van der Waals surface area contributed by atoms with E-state index in [0.29, 0.717) is 49.6 Å². The highest BCUT2D eigenvalue weighted by molar-refractivity contribution is 5.68. The number of halogens is 3. The van der Waals surface area contributed by atoms with Crippen molar-refractivity contribution in [3.05, 3.63) is 35.4 Å². The summed E-state index contributed by atoms with van der Waals surface area (Å²) in [4.78, 5) is 28.2. The molecule has 2 aromatic heterocycles. The summed E-state index contributed by atoms with van der Waals surface area (Å²) in [6.07, 6.45) is -1.37. The topological polar surface area (TPSA) is 89.9 Å². The number of hydrogen-bond donors (Lipinski definition) is 0. The lowest BCUT2D eigenvalue weighted by atomic mass is 10.1. The molecule has 0 aromatic carbocycles. The highest BCUT2D eigenvalue weighted by Crippen LogP contribution is 2.38. The van der Waals surface area contributed by atoms with Crippen LogP contribution < -0.4 is 14.4 Å².